The van der Waals surface area contributed by atoms with Crippen LogP contribution < -0.4 is 10.5 Å². The molecule has 0 aliphatic rings. The highest BCUT2D eigenvalue weighted by molar-refractivity contribution is 6.31. The number of anilines is 1. The number of rotatable bonds is 5. The van der Waals surface area contributed by atoms with Crippen LogP contribution in [0.4, 0.5) is 5.82 Å². The van der Waals surface area contributed by atoms with Crippen molar-refractivity contribution < 1.29 is 4.74 Å². The first-order valence-electron chi connectivity index (χ1n) is 8.76. The van der Waals surface area contributed by atoms with Crippen LogP contribution in [0, 0.1) is 11.3 Å². The van der Waals surface area contributed by atoms with Crippen molar-refractivity contribution in [3.05, 3.63) is 88.4 Å². The van der Waals surface area contributed by atoms with Gasteiger partial charge in [0, 0.05) is 5.02 Å². The molecule has 0 saturated carbocycles. The molecular formula is C22H17ClN4O. The number of halogens is 1. The monoisotopic (exact) mass is 388 g/mol. The molecule has 0 spiro atoms. The van der Waals surface area contributed by atoms with Crippen molar-refractivity contribution in [3.8, 4) is 11.9 Å². The fourth-order valence-corrected chi connectivity index (χ4v) is 3.33. The van der Waals surface area contributed by atoms with Crippen LogP contribution in [0.1, 0.15) is 16.7 Å². The van der Waals surface area contributed by atoms with Crippen LogP contribution in [-0.2, 0) is 13.2 Å². The van der Waals surface area contributed by atoms with Crippen molar-refractivity contribution in [3.63, 3.8) is 0 Å². The number of fused-ring (bicyclic) bond motifs is 1. The zero-order valence-corrected chi connectivity index (χ0v) is 15.7. The van der Waals surface area contributed by atoms with Gasteiger partial charge < -0.3 is 10.5 Å². The van der Waals surface area contributed by atoms with Gasteiger partial charge in [0.15, 0.2) is 5.56 Å². The Kier molecular flexibility index (Phi) is 4.88. The lowest BCUT2D eigenvalue weighted by atomic mass is 10.1. The van der Waals surface area contributed by atoms with E-state index in [1.165, 1.54) is 4.68 Å². The molecule has 4 aromatic rings. The molecule has 0 saturated heterocycles. The fraction of sp³-hybridized carbons (Fsp3) is 0.0909. The SMILES string of the molecule is N#Cc1c(OCc2cccc3ccccc23)nn(Cc2ccccc2Cl)c1N. The Labute approximate surface area is 167 Å². The zero-order valence-electron chi connectivity index (χ0n) is 15.0. The predicted octanol–water partition coefficient (Wildman–Crippen LogP) is 4.77. The first-order chi connectivity index (χ1) is 13.7. The minimum Gasteiger partial charge on any atom is -0.471 e. The highest BCUT2D eigenvalue weighted by atomic mass is 35.5. The van der Waals surface area contributed by atoms with Gasteiger partial charge in [-0.3, -0.25) is 0 Å². The van der Waals surface area contributed by atoms with Gasteiger partial charge in [-0.2, -0.15) is 5.26 Å². The average Bonchev–Trinajstić information content (AvgIpc) is 3.02. The van der Waals surface area contributed by atoms with Gasteiger partial charge in [-0.15, -0.1) is 5.10 Å². The zero-order chi connectivity index (χ0) is 19.5. The molecule has 138 valence electrons. The quantitative estimate of drug-likeness (QED) is 0.534. The van der Waals surface area contributed by atoms with E-state index < -0.39 is 0 Å². The normalized spacial score (nSPS) is 10.7. The van der Waals surface area contributed by atoms with Crippen molar-refractivity contribution >= 4 is 28.2 Å². The maximum atomic E-state index is 9.51. The van der Waals surface area contributed by atoms with E-state index in [2.05, 4.69) is 23.3 Å². The largest absolute Gasteiger partial charge is 0.471 e. The summed E-state index contributed by atoms with van der Waals surface area (Å²) in [6.45, 7) is 0.649. The molecule has 28 heavy (non-hydrogen) atoms. The van der Waals surface area contributed by atoms with E-state index in [4.69, 9.17) is 22.1 Å². The van der Waals surface area contributed by atoms with Gasteiger partial charge in [0.25, 0.3) is 5.88 Å². The van der Waals surface area contributed by atoms with Gasteiger partial charge in [0.1, 0.15) is 18.5 Å². The average molecular weight is 389 g/mol. The van der Waals surface area contributed by atoms with Crippen LogP contribution in [0.15, 0.2) is 66.7 Å². The Morgan fingerprint density at radius 1 is 1.00 bits per heavy atom. The van der Waals surface area contributed by atoms with Gasteiger partial charge in [0.2, 0.25) is 0 Å². The van der Waals surface area contributed by atoms with E-state index in [1.807, 2.05) is 48.5 Å². The van der Waals surface area contributed by atoms with Crippen LogP contribution in [0.3, 0.4) is 0 Å². The predicted molar refractivity (Wildman–Crippen MR) is 110 cm³/mol. The third-order valence-corrected chi connectivity index (χ3v) is 4.96. The van der Waals surface area contributed by atoms with Crippen LogP contribution >= 0.6 is 11.6 Å². The van der Waals surface area contributed by atoms with E-state index in [0.717, 1.165) is 21.9 Å². The Morgan fingerprint density at radius 3 is 2.54 bits per heavy atom. The topological polar surface area (TPSA) is 76.9 Å². The van der Waals surface area contributed by atoms with Crippen molar-refractivity contribution in [2.75, 3.05) is 5.73 Å². The molecule has 0 fully saturated rings. The summed E-state index contributed by atoms with van der Waals surface area (Å²) in [5, 5.41) is 16.8. The summed E-state index contributed by atoms with van der Waals surface area (Å²) < 4.78 is 7.42. The lowest BCUT2D eigenvalue weighted by molar-refractivity contribution is 0.290. The number of nitriles is 1. The number of aromatic nitrogens is 2. The Balaban J connectivity index is 1.61. The smallest absolute Gasteiger partial charge is 0.253 e. The summed E-state index contributed by atoms with van der Waals surface area (Å²) in [6, 6.07) is 23.7. The second-order valence-electron chi connectivity index (χ2n) is 6.35. The summed E-state index contributed by atoms with van der Waals surface area (Å²) >= 11 is 6.23. The summed E-state index contributed by atoms with van der Waals surface area (Å²) in [7, 11) is 0. The summed E-state index contributed by atoms with van der Waals surface area (Å²) in [6.07, 6.45) is 0. The molecule has 0 unspecified atom stereocenters. The van der Waals surface area contributed by atoms with Crippen molar-refractivity contribution in [2.45, 2.75) is 13.2 Å². The van der Waals surface area contributed by atoms with Gasteiger partial charge >= 0.3 is 0 Å². The fourth-order valence-electron chi connectivity index (χ4n) is 3.13. The second kappa shape index (κ2) is 7.63. The third-order valence-electron chi connectivity index (χ3n) is 4.59. The highest BCUT2D eigenvalue weighted by Gasteiger charge is 2.18. The molecule has 0 aliphatic carbocycles. The Hall–Kier alpha value is -3.49. The van der Waals surface area contributed by atoms with Gasteiger partial charge in [0.05, 0.1) is 6.54 Å². The van der Waals surface area contributed by atoms with E-state index >= 15 is 0 Å². The molecule has 6 heteroatoms. The summed E-state index contributed by atoms with van der Waals surface area (Å²) in [5.41, 5.74) is 8.24. The van der Waals surface area contributed by atoms with Crippen LogP contribution in [-0.4, -0.2) is 9.78 Å². The molecule has 2 N–H and O–H groups in total. The lowest BCUT2D eigenvalue weighted by Crippen LogP contribution is -2.06. The van der Waals surface area contributed by atoms with Crippen molar-refractivity contribution in [1.29, 1.82) is 5.26 Å². The summed E-state index contributed by atoms with van der Waals surface area (Å²) in [4.78, 5) is 0. The van der Waals surface area contributed by atoms with Crippen LogP contribution in [0.2, 0.25) is 5.02 Å². The van der Waals surface area contributed by atoms with Gasteiger partial charge in [-0.25, -0.2) is 4.68 Å². The van der Waals surface area contributed by atoms with Crippen molar-refractivity contribution in [1.82, 2.24) is 9.78 Å². The van der Waals surface area contributed by atoms with Crippen LogP contribution in [0.25, 0.3) is 10.8 Å². The highest BCUT2D eigenvalue weighted by Crippen LogP contribution is 2.27. The third kappa shape index (κ3) is 3.38. The first-order valence-corrected chi connectivity index (χ1v) is 9.14. The number of hydrogen-bond donors (Lipinski definition) is 1. The van der Waals surface area contributed by atoms with E-state index in [-0.39, 0.29) is 17.3 Å². The first kappa shape index (κ1) is 17.9. The van der Waals surface area contributed by atoms with Gasteiger partial charge in [-0.05, 0) is 28.0 Å². The van der Waals surface area contributed by atoms with E-state index in [9.17, 15) is 5.26 Å². The van der Waals surface area contributed by atoms with E-state index in [1.54, 1.807) is 6.07 Å². The minimum atomic E-state index is 0.222. The molecule has 0 amide bonds. The molecule has 3 aromatic carbocycles. The van der Waals surface area contributed by atoms with Gasteiger partial charge in [-0.1, -0.05) is 72.3 Å². The molecule has 0 radical (unpaired) electrons. The lowest BCUT2D eigenvalue weighted by Gasteiger charge is -2.07. The molecular weight excluding hydrogens is 372 g/mol. The Morgan fingerprint density at radius 2 is 1.71 bits per heavy atom. The Bertz CT molecular complexity index is 1190. The number of nitrogen functional groups attached to an aromatic ring is 1. The minimum absolute atomic E-state index is 0.222. The molecule has 0 bridgehead atoms. The maximum absolute atomic E-state index is 9.51. The molecule has 1 aromatic heterocycles. The second-order valence-corrected chi connectivity index (χ2v) is 6.76. The molecule has 0 aliphatic heterocycles. The molecule has 4 rings (SSSR count). The number of nitrogens with two attached hydrogens (primary N) is 1. The number of nitrogens with zero attached hydrogens (tertiary/aromatic N) is 3. The maximum Gasteiger partial charge on any atom is 0.253 e. The van der Waals surface area contributed by atoms with Crippen LogP contribution in [0.5, 0.6) is 5.88 Å². The molecule has 0 atom stereocenters. The van der Waals surface area contributed by atoms with E-state index in [0.29, 0.717) is 18.2 Å². The number of benzene rings is 3. The summed E-state index contributed by atoms with van der Waals surface area (Å²) in [5.74, 6) is 0.482. The number of hydrogen-bond acceptors (Lipinski definition) is 4. The standard InChI is InChI=1S/C22H17ClN4O/c23-20-11-4-2-7-16(20)13-27-21(25)19(12-24)22(26-27)28-14-17-9-5-8-15-6-1-3-10-18(15)17/h1-11H,13-14,25H2. The van der Waals surface area contributed by atoms with Crippen molar-refractivity contribution in [2.24, 2.45) is 0 Å². The molecule has 1 heterocycles. The molecule has 5 nitrogen and oxygen atoms in total. The number of ether oxygens (including phenoxy) is 1.